The van der Waals surface area contributed by atoms with Crippen LogP contribution in [0.1, 0.15) is 31.7 Å². The molecule has 3 nitrogen and oxygen atoms in total. The van der Waals surface area contributed by atoms with Crippen molar-refractivity contribution in [2.45, 2.75) is 38.8 Å². The van der Waals surface area contributed by atoms with Crippen LogP contribution in [0.4, 0.5) is 0 Å². The molecular formula is C16H26N2O. The van der Waals surface area contributed by atoms with Crippen molar-refractivity contribution in [3.63, 3.8) is 0 Å². The van der Waals surface area contributed by atoms with Gasteiger partial charge in [-0.2, -0.15) is 0 Å². The average molecular weight is 262 g/mol. The van der Waals surface area contributed by atoms with Crippen LogP contribution in [0.5, 0.6) is 5.75 Å². The fraction of sp³-hybridized carbons (Fsp3) is 0.625. The quantitative estimate of drug-likeness (QED) is 0.856. The molecule has 0 amide bonds. The van der Waals surface area contributed by atoms with Crippen LogP contribution in [0.25, 0.3) is 0 Å². The Morgan fingerprint density at radius 1 is 1.47 bits per heavy atom. The summed E-state index contributed by atoms with van der Waals surface area (Å²) in [4.78, 5) is 2.51. The summed E-state index contributed by atoms with van der Waals surface area (Å²) in [5, 5.41) is 0. The third-order valence-corrected chi connectivity index (χ3v) is 4.08. The lowest BCUT2D eigenvalue weighted by Gasteiger charge is -2.20. The summed E-state index contributed by atoms with van der Waals surface area (Å²) in [5.41, 5.74) is 7.57. The highest BCUT2D eigenvalue weighted by molar-refractivity contribution is 5.28. The van der Waals surface area contributed by atoms with Gasteiger partial charge < -0.3 is 10.5 Å². The minimum Gasteiger partial charge on any atom is -0.497 e. The van der Waals surface area contributed by atoms with Crippen molar-refractivity contribution in [1.29, 1.82) is 0 Å². The van der Waals surface area contributed by atoms with Gasteiger partial charge in [-0.05, 0) is 43.0 Å². The molecule has 19 heavy (non-hydrogen) atoms. The lowest BCUT2D eigenvalue weighted by atomic mass is 9.96. The van der Waals surface area contributed by atoms with Crippen LogP contribution in [-0.2, 0) is 6.54 Å². The Morgan fingerprint density at radius 3 is 3.05 bits per heavy atom. The van der Waals surface area contributed by atoms with Crippen LogP contribution in [-0.4, -0.2) is 31.1 Å². The van der Waals surface area contributed by atoms with Gasteiger partial charge in [-0.25, -0.2) is 0 Å². The molecule has 0 aromatic heterocycles. The highest BCUT2D eigenvalue weighted by Gasteiger charge is 2.26. The number of nitrogens with two attached hydrogens (primary N) is 1. The SMILES string of the molecule is CCCC(N)C1CCN(Cc2cccc(OC)c2)C1. The molecule has 0 radical (unpaired) electrons. The first kappa shape index (κ1) is 14.4. The monoisotopic (exact) mass is 262 g/mol. The molecule has 2 rings (SSSR count). The van der Waals surface area contributed by atoms with Gasteiger partial charge in [0.2, 0.25) is 0 Å². The molecule has 1 aliphatic heterocycles. The third kappa shape index (κ3) is 3.95. The summed E-state index contributed by atoms with van der Waals surface area (Å²) in [6.07, 6.45) is 3.58. The number of likely N-dealkylation sites (tertiary alicyclic amines) is 1. The fourth-order valence-electron chi connectivity index (χ4n) is 2.95. The predicted octanol–water partition coefficient (Wildman–Crippen LogP) is 2.64. The predicted molar refractivity (Wildman–Crippen MR) is 79.3 cm³/mol. The molecule has 2 unspecified atom stereocenters. The maximum absolute atomic E-state index is 6.24. The molecule has 1 aliphatic rings. The van der Waals surface area contributed by atoms with E-state index in [2.05, 4.69) is 30.0 Å². The summed E-state index contributed by atoms with van der Waals surface area (Å²) in [6.45, 7) is 5.52. The van der Waals surface area contributed by atoms with Crippen LogP contribution in [0.3, 0.4) is 0 Å². The number of methoxy groups -OCH3 is 1. The minimum atomic E-state index is 0.375. The summed E-state index contributed by atoms with van der Waals surface area (Å²) >= 11 is 0. The van der Waals surface area contributed by atoms with E-state index in [9.17, 15) is 0 Å². The van der Waals surface area contributed by atoms with E-state index >= 15 is 0 Å². The van der Waals surface area contributed by atoms with E-state index in [1.165, 1.54) is 24.9 Å². The number of benzene rings is 1. The Labute approximate surface area is 116 Å². The Balaban J connectivity index is 1.87. The van der Waals surface area contributed by atoms with Crippen molar-refractivity contribution >= 4 is 0 Å². The van der Waals surface area contributed by atoms with Gasteiger partial charge in [0, 0.05) is 19.1 Å². The van der Waals surface area contributed by atoms with E-state index in [4.69, 9.17) is 10.5 Å². The summed E-state index contributed by atoms with van der Waals surface area (Å²) in [5.74, 6) is 1.61. The molecule has 1 aromatic carbocycles. The summed E-state index contributed by atoms with van der Waals surface area (Å²) in [6, 6.07) is 8.72. The molecule has 0 saturated carbocycles. The molecule has 106 valence electrons. The molecule has 1 heterocycles. The smallest absolute Gasteiger partial charge is 0.119 e. The Bertz CT molecular complexity index is 394. The number of nitrogens with zero attached hydrogens (tertiary/aromatic N) is 1. The first-order valence-electron chi connectivity index (χ1n) is 7.33. The Morgan fingerprint density at radius 2 is 2.32 bits per heavy atom. The second-order valence-corrected chi connectivity index (χ2v) is 5.59. The van der Waals surface area contributed by atoms with E-state index in [1.54, 1.807) is 7.11 Å². The van der Waals surface area contributed by atoms with Crippen LogP contribution in [0.15, 0.2) is 24.3 Å². The van der Waals surface area contributed by atoms with E-state index in [-0.39, 0.29) is 0 Å². The molecule has 2 N–H and O–H groups in total. The minimum absolute atomic E-state index is 0.375. The second-order valence-electron chi connectivity index (χ2n) is 5.59. The third-order valence-electron chi connectivity index (χ3n) is 4.08. The van der Waals surface area contributed by atoms with E-state index in [0.29, 0.717) is 12.0 Å². The van der Waals surface area contributed by atoms with Crippen LogP contribution in [0.2, 0.25) is 0 Å². The van der Waals surface area contributed by atoms with E-state index < -0.39 is 0 Å². The standard InChI is InChI=1S/C16H26N2O/c1-3-5-16(17)14-8-9-18(12-14)11-13-6-4-7-15(10-13)19-2/h4,6-7,10,14,16H,3,5,8-9,11-12,17H2,1-2H3. The highest BCUT2D eigenvalue weighted by Crippen LogP contribution is 2.23. The van der Waals surface area contributed by atoms with Crippen molar-refractivity contribution in [3.8, 4) is 5.75 Å². The first-order chi connectivity index (χ1) is 9.22. The maximum atomic E-state index is 6.24. The van der Waals surface area contributed by atoms with Gasteiger partial charge in [-0.3, -0.25) is 4.90 Å². The van der Waals surface area contributed by atoms with Gasteiger partial charge in [0.1, 0.15) is 5.75 Å². The van der Waals surface area contributed by atoms with Crippen LogP contribution >= 0.6 is 0 Å². The number of ether oxygens (including phenoxy) is 1. The Kier molecular flexibility index (Phi) is 5.23. The normalized spacial score (nSPS) is 21.5. The molecule has 2 atom stereocenters. The summed E-state index contributed by atoms with van der Waals surface area (Å²) in [7, 11) is 1.72. The lowest BCUT2D eigenvalue weighted by molar-refractivity contribution is 0.301. The van der Waals surface area contributed by atoms with E-state index in [1.807, 2.05) is 6.07 Å². The zero-order chi connectivity index (χ0) is 13.7. The van der Waals surface area contributed by atoms with Gasteiger partial charge >= 0.3 is 0 Å². The van der Waals surface area contributed by atoms with Crippen molar-refractivity contribution in [2.24, 2.45) is 11.7 Å². The topological polar surface area (TPSA) is 38.5 Å². The average Bonchev–Trinajstić information content (AvgIpc) is 2.88. The second kappa shape index (κ2) is 6.92. The maximum Gasteiger partial charge on any atom is 0.119 e. The molecule has 1 fully saturated rings. The number of hydrogen-bond donors (Lipinski definition) is 1. The van der Waals surface area contributed by atoms with Crippen molar-refractivity contribution in [2.75, 3.05) is 20.2 Å². The zero-order valence-corrected chi connectivity index (χ0v) is 12.1. The largest absolute Gasteiger partial charge is 0.497 e. The molecule has 3 heteroatoms. The van der Waals surface area contributed by atoms with Crippen LogP contribution in [0, 0.1) is 5.92 Å². The summed E-state index contributed by atoms with van der Waals surface area (Å²) < 4.78 is 5.27. The van der Waals surface area contributed by atoms with Gasteiger partial charge in [0.25, 0.3) is 0 Å². The lowest BCUT2D eigenvalue weighted by Crippen LogP contribution is -2.32. The molecule has 0 aliphatic carbocycles. The number of rotatable bonds is 6. The van der Waals surface area contributed by atoms with Crippen LogP contribution < -0.4 is 10.5 Å². The van der Waals surface area contributed by atoms with Gasteiger partial charge in [0.05, 0.1) is 7.11 Å². The first-order valence-corrected chi connectivity index (χ1v) is 7.33. The molecule has 1 aromatic rings. The van der Waals surface area contributed by atoms with Gasteiger partial charge in [-0.15, -0.1) is 0 Å². The van der Waals surface area contributed by atoms with Crippen molar-refractivity contribution in [1.82, 2.24) is 4.90 Å². The molecule has 0 spiro atoms. The zero-order valence-electron chi connectivity index (χ0n) is 12.1. The van der Waals surface area contributed by atoms with Crippen molar-refractivity contribution in [3.05, 3.63) is 29.8 Å². The van der Waals surface area contributed by atoms with E-state index in [0.717, 1.165) is 25.3 Å². The fourth-order valence-corrected chi connectivity index (χ4v) is 2.95. The molecule has 1 saturated heterocycles. The number of hydrogen-bond acceptors (Lipinski definition) is 3. The van der Waals surface area contributed by atoms with Crippen molar-refractivity contribution < 1.29 is 4.74 Å². The van der Waals surface area contributed by atoms with Gasteiger partial charge in [0.15, 0.2) is 0 Å². The highest BCUT2D eigenvalue weighted by atomic mass is 16.5. The Hall–Kier alpha value is -1.06. The van der Waals surface area contributed by atoms with Gasteiger partial charge in [-0.1, -0.05) is 25.5 Å². The molecular weight excluding hydrogens is 236 g/mol. The molecule has 0 bridgehead atoms.